The van der Waals surface area contributed by atoms with E-state index in [1.165, 1.54) is 5.56 Å². The average molecular weight is 460 g/mol. The molecule has 25 heavy (non-hydrogen) atoms. The SMILES string of the molecule is CCNC(=NCc1cccc(COC)c1)N1CCN(C(C)=O)CC1.I. The minimum atomic E-state index is 0. The molecule has 1 heterocycles. The molecule has 0 aliphatic carbocycles. The summed E-state index contributed by atoms with van der Waals surface area (Å²) in [5.41, 5.74) is 2.33. The van der Waals surface area contributed by atoms with E-state index in [-0.39, 0.29) is 29.9 Å². The van der Waals surface area contributed by atoms with E-state index in [0.29, 0.717) is 13.2 Å². The zero-order valence-corrected chi connectivity index (χ0v) is 17.7. The van der Waals surface area contributed by atoms with Crippen molar-refractivity contribution >= 4 is 35.8 Å². The predicted octanol–water partition coefficient (Wildman–Crippen LogP) is 2.08. The van der Waals surface area contributed by atoms with E-state index < -0.39 is 0 Å². The number of nitrogens with one attached hydrogen (secondary N) is 1. The lowest BCUT2D eigenvalue weighted by molar-refractivity contribution is -0.130. The number of guanidine groups is 1. The van der Waals surface area contributed by atoms with Gasteiger partial charge in [-0.2, -0.15) is 0 Å². The number of benzene rings is 1. The number of rotatable bonds is 5. The highest BCUT2D eigenvalue weighted by molar-refractivity contribution is 14.0. The number of carbonyl (C=O) groups excluding carboxylic acids is 1. The number of hydrogen-bond donors (Lipinski definition) is 1. The maximum atomic E-state index is 11.4. The smallest absolute Gasteiger partial charge is 0.219 e. The maximum absolute atomic E-state index is 11.4. The zero-order chi connectivity index (χ0) is 17.4. The molecule has 1 aromatic rings. The molecule has 1 fully saturated rings. The number of piperazine rings is 1. The summed E-state index contributed by atoms with van der Waals surface area (Å²) in [5, 5.41) is 3.35. The number of methoxy groups -OCH3 is 1. The summed E-state index contributed by atoms with van der Waals surface area (Å²) in [6.07, 6.45) is 0. The summed E-state index contributed by atoms with van der Waals surface area (Å²) in [7, 11) is 1.70. The van der Waals surface area contributed by atoms with Crippen LogP contribution in [0.3, 0.4) is 0 Å². The largest absolute Gasteiger partial charge is 0.380 e. The van der Waals surface area contributed by atoms with Crippen LogP contribution >= 0.6 is 24.0 Å². The number of amides is 1. The van der Waals surface area contributed by atoms with Gasteiger partial charge in [0.15, 0.2) is 5.96 Å². The number of aliphatic imine (C=N–C) groups is 1. The van der Waals surface area contributed by atoms with E-state index in [1.807, 2.05) is 11.0 Å². The van der Waals surface area contributed by atoms with Crippen LogP contribution in [-0.4, -0.2) is 61.5 Å². The number of carbonyl (C=O) groups is 1. The van der Waals surface area contributed by atoms with Crippen LogP contribution < -0.4 is 5.32 Å². The quantitative estimate of drug-likeness (QED) is 0.416. The van der Waals surface area contributed by atoms with E-state index in [9.17, 15) is 4.79 Å². The van der Waals surface area contributed by atoms with Gasteiger partial charge in [0.05, 0.1) is 13.2 Å². The first kappa shape index (κ1) is 21.7. The van der Waals surface area contributed by atoms with Gasteiger partial charge in [-0.25, -0.2) is 4.99 Å². The van der Waals surface area contributed by atoms with Crippen molar-refractivity contribution in [3.8, 4) is 0 Å². The van der Waals surface area contributed by atoms with Crippen LogP contribution in [0.5, 0.6) is 0 Å². The van der Waals surface area contributed by atoms with Gasteiger partial charge in [-0.3, -0.25) is 4.79 Å². The monoisotopic (exact) mass is 460 g/mol. The topological polar surface area (TPSA) is 57.2 Å². The summed E-state index contributed by atoms with van der Waals surface area (Å²) >= 11 is 0. The molecule has 1 aliphatic heterocycles. The highest BCUT2D eigenvalue weighted by Crippen LogP contribution is 2.09. The van der Waals surface area contributed by atoms with Crippen molar-refractivity contribution in [1.82, 2.24) is 15.1 Å². The van der Waals surface area contributed by atoms with Crippen molar-refractivity contribution in [2.75, 3.05) is 39.8 Å². The highest BCUT2D eigenvalue weighted by atomic mass is 127. The lowest BCUT2D eigenvalue weighted by atomic mass is 10.1. The molecule has 0 radical (unpaired) electrons. The molecule has 1 saturated heterocycles. The van der Waals surface area contributed by atoms with Gasteiger partial charge >= 0.3 is 0 Å². The third-order valence-corrected chi connectivity index (χ3v) is 4.07. The molecule has 140 valence electrons. The number of halogens is 1. The van der Waals surface area contributed by atoms with E-state index in [2.05, 4.69) is 35.3 Å². The van der Waals surface area contributed by atoms with Crippen molar-refractivity contribution in [3.05, 3.63) is 35.4 Å². The molecule has 0 bridgehead atoms. The van der Waals surface area contributed by atoms with Crippen LogP contribution in [0.25, 0.3) is 0 Å². The molecule has 0 atom stereocenters. The Hall–Kier alpha value is -1.35. The van der Waals surface area contributed by atoms with E-state index in [1.54, 1.807) is 14.0 Å². The molecule has 2 rings (SSSR count). The number of hydrogen-bond acceptors (Lipinski definition) is 3. The number of ether oxygens (including phenoxy) is 1. The van der Waals surface area contributed by atoms with Gasteiger partial charge in [0.25, 0.3) is 0 Å². The van der Waals surface area contributed by atoms with Gasteiger partial charge in [-0.1, -0.05) is 24.3 Å². The Bertz CT molecular complexity index is 572. The molecule has 1 aromatic carbocycles. The van der Waals surface area contributed by atoms with Crippen molar-refractivity contribution in [2.24, 2.45) is 4.99 Å². The van der Waals surface area contributed by atoms with Crippen molar-refractivity contribution in [3.63, 3.8) is 0 Å². The Morgan fingerprint density at radius 3 is 2.44 bits per heavy atom. The first-order valence-electron chi connectivity index (χ1n) is 8.49. The van der Waals surface area contributed by atoms with Crippen LogP contribution in [-0.2, 0) is 22.7 Å². The fourth-order valence-electron chi connectivity index (χ4n) is 2.81. The molecule has 0 aromatic heterocycles. The van der Waals surface area contributed by atoms with Gasteiger partial charge in [-0.05, 0) is 18.1 Å². The van der Waals surface area contributed by atoms with Gasteiger partial charge in [0, 0.05) is 46.8 Å². The van der Waals surface area contributed by atoms with Gasteiger partial charge < -0.3 is 19.9 Å². The second-order valence-corrected chi connectivity index (χ2v) is 5.92. The van der Waals surface area contributed by atoms with Gasteiger partial charge in [-0.15, -0.1) is 24.0 Å². The van der Waals surface area contributed by atoms with Crippen LogP contribution in [0.15, 0.2) is 29.3 Å². The van der Waals surface area contributed by atoms with Crippen LogP contribution in [0.2, 0.25) is 0 Å². The highest BCUT2D eigenvalue weighted by Gasteiger charge is 2.20. The summed E-state index contributed by atoms with van der Waals surface area (Å²) in [6.45, 7) is 8.91. The van der Waals surface area contributed by atoms with Gasteiger partial charge in [0.2, 0.25) is 5.91 Å². The lowest BCUT2D eigenvalue weighted by Gasteiger charge is -2.36. The normalized spacial score (nSPS) is 14.9. The molecule has 0 saturated carbocycles. The fraction of sp³-hybridized carbons (Fsp3) is 0.556. The van der Waals surface area contributed by atoms with Crippen molar-refractivity contribution < 1.29 is 9.53 Å². The molecular formula is C18H29IN4O2. The Morgan fingerprint density at radius 1 is 1.20 bits per heavy atom. The molecule has 0 unspecified atom stereocenters. The van der Waals surface area contributed by atoms with E-state index in [0.717, 1.165) is 44.2 Å². The van der Waals surface area contributed by atoms with E-state index in [4.69, 9.17) is 9.73 Å². The molecular weight excluding hydrogens is 431 g/mol. The fourth-order valence-corrected chi connectivity index (χ4v) is 2.81. The summed E-state index contributed by atoms with van der Waals surface area (Å²) < 4.78 is 5.18. The maximum Gasteiger partial charge on any atom is 0.219 e. The molecule has 1 aliphatic rings. The van der Waals surface area contributed by atoms with Crippen molar-refractivity contribution in [1.29, 1.82) is 0 Å². The first-order valence-corrected chi connectivity index (χ1v) is 8.49. The Morgan fingerprint density at radius 2 is 1.84 bits per heavy atom. The zero-order valence-electron chi connectivity index (χ0n) is 15.3. The standard InChI is InChI=1S/C18H28N4O2.HI/c1-4-19-18(22-10-8-21(9-11-22)15(2)23)20-13-16-6-5-7-17(12-16)14-24-3;/h5-7,12H,4,8-11,13-14H2,1-3H3,(H,19,20);1H. The van der Waals surface area contributed by atoms with Gasteiger partial charge in [0.1, 0.15) is 0 Å². The lowest BCUT2D eigenvalue weighted by Crippen LogP contribution is -2.53. The minimum Gasteiger partial charge on any atom is -0.380 e. The molecule has 1 N–H and O–H groups in total. The molecule has 7 heteroatoms. The predicted molar refractivity (Wildman–Crippen MR) is 111 cm³/mol. The average Bonchev–Trinajstić information content (AvgIpc) is 2.59. The minimum absolute atomic E-state index is 0. The first-order chi connectivity index (χ1) is 11.6. The molecule has 6 nitrogen and oxygen atoms in total. The summed E-state index contributed by atoms with van der Waals surface area (Å²) in [5.74, 6) is 1.06. The van der Waals surface area contributed by atoms with Crippen molar-refractivity contribution in [2.45, 2.75) is 27.0 Å². The molecule has 0 spiro atoms. The summed E-state index contributed by atoms with van der Waals surface area (Å²) in [4.78, 5) is 20.3. The van der Waals surface area contributed by atoms with E-state index >= 15 is 0 Å². The Balaban J connectivity index is 0.00000312. The number of nitrogens with zero attached hydrogens (tertiary/aromatic N) is 3. The second-order valence-electron chi connectivity index (χ2n) is 5.92. The second kappa shape index (κ2) is 11.3. The third kappa shape index (κ3) is 6.81. The van der Waals surface area contributed by atoms with Crippen LogP contribution in [0.1, 0.15) is 25.0 Å². The third-order valence-electron chi connectivity index (χ3n) is 4.07. The Kier molecular flexibility index (Phi) is 9.81. The summed E-state index contributed by atoms with van der Waals surface area (Å²) in [6, 6.07) is 8.31. The molecule has 1 amide bonds. The van der Waals surface area contributed by atoms with Crippen LogP contribution in [0, 0.1) is 0 Å². The van der Waals surface area contributed by atoms with Crippen LogP contribution in [0.4, 0.5) is 0 Å². The Labute approximate surface area is 167 Å².